The lowest BCUT2D eigenvalue weighted by Gasteiger charge is -2.15. The molecule has 0 bridgehead atoms. The van der Waals surface area contributed by atoms with E-state index in [9.17, 15) is 14.4 Å². The van der Waals surface area contributed by atoms with E-state index in [0.717, 1.165) is 16.5 Å². The lowest BCUT2D eigenvalue weighted by molar-refractivity contribution is -0.171. The van der Waals surface area contributed by atoms with Crippen LogP contribution >= 0.6 is 0 Å². The Morgan fingerprint density at radius 2 is 1.91 bits per heavy atom. The van der Waals surface area contributed by atoms with Crippen LogP contribution in [0.5, 0.6) is 0 Å². The maximum Gasteiger partial charge on any atom is 0.429 e. The lowest BCUT2D eigenvalue weighted by Crippen LogP contribution is -2.38. The van der Waals surface area contributed by atoms with E-state index in [-0.39, 0.29) is 6.42 Å². The van der Waals surface area contributed by atoms with Crippen LogP contribution in [0, 0.1) is 0 Å². The number of anilines is 1. The highest BCUT2D eigenvalue weighted by atomic mass is 16.7. The molecule has 2 aromatic carbocycles. The van der Waals surface area contributed by atoms with Gasteiger partial charge in [-0.25, -0.2) is 4.79 Å². The van der Waals surface area contributed by atoms with Crippen molar-refractivity contribution in [2.75, 3.05) is 5.32 Å². The van der Waals surface area contributed by atoms with E-state index in [1.54, 1.807) is 0 Å². The van der Waals surface area contributed by atoms with Crippen LogP contribution in [-0.2, 0) is 14.4 Å². The summed E-state index contributed by atoms with van der Waals surface area (Å²) in [5.41, 5.74) is 5.57. The molecule has 112 valence electrons. The third-order valence-corrected chi connectivity index (χ3v) is 3.40. The maximum absolute atomic E-state index is 12.1. The quantitative estimate of drug-likeness (QED) is 0.834. The molecule has 3 N–H and O–H groups in total. The van der Waals surface area contributed by atoms with Crippen LogP contribution in [0.25, 0.3) is 10.8 Å². The zero-order chi connectivity index (χ0) is 15.7. The van der Waals surface area contributed by atoms with Gasteiger partial charge in [-0.3, -0.25) is 9.59 Å². The maximum atomic E-state index is 12.1. The summed E-state index contributed by atoms with van der Waals surface area (Å²) in [5.74, 6) is -1.25. The highest BCUT2D eigenvalue weighted by molar-refractivity contribution is 6.07. The molecule has 0 aromatic heterocycles. The molecule has 3 rings (SSSR count). The molecule has 0 spiro atoms. The van der Waals surface area contributed by atoms with Gasteiger partial charge >= 0.3 is 6.09 Å². The number of hydrogen-bond donors (Lipinski definition) is 2. The van der Waals surface area contributed by atoms with Crippen LogP contribution in [0.15, 0.2) is 42.5 Å². The van der Waals surface area contributed by atoms with Gasteiger partial charge in [0.25, 0.3) is 11.8 Å². The number of rotatable bonds is 3. The molecule has 0 radical (unpaired) electrons. The molecule has 1 atom stereocenters. The molecule has 7 nitrogen and oxygen atoms in total. The van der Waals surface area contributed by atoms with Crippen molar-refractivity contribution in [2.24, 2.45) is 5.73 Å². The molecule has 1 unspecified atom stereocenters. The van der Waals surface area contributed by atoms with Gasteiger partial charge in [0.05, 0.1) is 6.42 Å². The van der Waals surface area contributed by atoms with Gasteiger partial charge in [-0.15, -0.1) is 0 Å². The normalized spacial score (nSPS) is 17.8. The SMILES string of the molecule is NC(=O)ON1C(=O)CC(Nc2cccc3ccccc23)C1=O. The number of carbonyl (C=O) groups is 3. The Morgan fingerprint density at radius 3 is 2.68 bits per heavy atom. The Balaban J connectivity index is 1.85. The number of nitrogens with zero attached hydrogens (tertiary/aromatic N) is 1. The molecule has 3 amide bonds. The topological polar surface area (TPSA) is 102 Å². The minimum absolute atomic E-state index is 0.102. The van der Waals surface area contributed by atoms with E-state index in [1.807, 2.05) is 42.5 Å². The monoisotopic (exact) mass is 299 g/mol. The fraction of sp³-hybridized carbons (Fsp3) is 0.133. The minimum Gasteiger partial charge on any atom is -0.373 e. The molecule has 0 aliphatic carbocycles. The molecule has 2 aromatic rings. The molecule has 1 aliphatic heterocycles. The van der Waals surface area contributed by atoms with Gasteiger partial charge in [0, 0.05) is 11.1 Å². The molecule has 1 saturated heterocycles. The summed E-state index contributed by atoms with van der Waals surface area (Å²) < 4.78 is 0. The van der Waals surface area contributed by atoms with Crippen molar-refractivity contribution >= 4 is 34.4 Å². The summed E-state index contributed by atoms with van der Waals surface area (Å²) in [6.45, 7) is 0. The number of benzene rings is 2. The number of amides is 3. The summed E-state index contributed by atoms with van der Waals surface area (Å²) in [6.07, 6.45) is -1.30. The summed E-state index contributed by atoms with van der Waals surface area (Å²) in [6, 6.07) is 12.5. The van der Waals surface area contributed by atoms with Gasteiger partial charge in [0.2, 0.25) is 0 Å². The van der Waals surface area contributed by atoms with E-state index in [4.69, 9.17) is 5.73 Å². The smallest absolute Gasteiger partial charge is 0.373 e. The summed E-state index contributed by atoms with van der Waals surface area (Å²) >= 11 is 0. The highest BCUT2D eigenvalue weighted by Crippen LogP contribution is 2.26. The van der Waals surface area contributed by atoms with Crippen molar-refractivity contribution in [3.8, 4) is 0 Å². The third kappa shape index (κ3) is 2.44. The Labute approximate surface area is 125 Å². The molecule has 1 aliphatic rings. The number of nitrogens with two attached hydrogens (primary N) is 1. The number of hydrogen-bond acceptors (Lipinski definition) is 5. The fourth-order valence-corrected chi connectivity index (χ4v) is 2.45. The second-order valence-corrected chi connectivity index (χ2v) is 4.86. The molecule has 7 heteroatoms. The minimum atomic E-state index is -1.20. The first-order valence-electron chi connectivity index (χ1n) is 6.65. The number of fused-ring (bicyclic) bond motifs is 1. The largest absolute Gasteiger partial charge is 0.429 e. The van der Waals surface area contributed by atoms with Crippen molar-refractivity contribution in [1.82, 2.24) is 5.06 Å². The first-order valence-corrected chi connectivity index (χ1v) is 6.65. The molecule has 1 heterocycles. The number of hydroxylamine groups is 2. The van der Waals surface area contributed by atoms with E-state index >= 15 is 0 Å². The zero-order valence-electron chi connectivity index (χ0n) is 11.5. The summed E-state index contributed by atoms with van der Waals surface area (Å²) in [5, 5.41) is 5.37. The van der Waals surface area contributed by atoms with Gasteiger partial charge in [-0.1, -0.05) is 41.5 Å². The Hall–Kier alpha value is -3.09. The Kier molecular flexibility index (Phi) is 3.38. The van der Waals surface area contributed by atoms with Gasteiger partial charge < -0.3 is 15.9 Å². The predicted molar refractivity (Wildman–Crippen MR) is 78.5 cm³/mol. The van der Waals surface area contributed by atoms with Gasteiger partial charge in [-0.05, 0) is 11.5 Å². The molecule has 0 saturated carbocycles. The summed E-state index contributed by atoms with van der Waals surface area (Å²) in [7, 11) is 0. The second-order valence-electron chi connectivity index (χ2n) is 4.86. The van der Waals surface area contributed by atoms with Crippen LogP contribution in [-0.4, -0.2) is 29.0 Å². The van der Waals surface area contributed by atoms with Crippen molar-refractivity contribution in [3.05, 3.63) is 42.5 Å². The van der Waals surface area contributed by atoms with Crippen molar-refractivity contribution < 1.29 is 19.2 Å². The van der Waals surface area contributed by atoms with Crippen molar-refractivity contribution in [1.29, 1.82) is 0 Å². The van der Waals surface area contributed by atoms with Crippen LogP contribution in [0.2, 0.25) is 0 Å². The number of nitrogens with one attached hydrogen (secondary N) is 1. The van der Waals surface area contributed by atoms with Crippen LogP contribution < -0.4 is 11.1 Å². The van der Waals surface area contributed by atoms with Gasteiger partial charge in [0.15, 0.2) is 0 Å². The lowest BCUT2D eigenvalue weighted by atomic mass is 10.1. The van der Waals surface area contributed by atoms with Crippen molar-refractivity contribution in [3.63, 3.8) is 0 Å². The zero-order valence-corrected chi connectivity index (χ0v) is 11.5. The second kappa shape index (κ2) is 5.36. The molecular weight excluding hydrogens is 286 g/mol. The van der Waals surface area contributed by atoms with E-state index in [0.29, 0.717) is 5.06 Å². The van der Waals surface area contributed by atoms with Gasteiger partial charge in [-0.2, -0.15) is 0 Å². The van der Waals surface area contributed by atoms with E-state index in [2.05, 4.69) is 10.2 Å². The predicted octanol–water partition coefficient (Wildman–Crippen LogP) is 1.39. The average Bonchev–Trinajstić information content (AvgIpc) is 2.75. The number of primary amides is 1. The molecule has 22 heavy (non-hydrogen) atoms. The summed E-state index contributed by atoms with van der Waals surface area (Å²) in [4.78, 5) is 39.0. The molecular formula is C15H13N3O4. The first-order chi connectivity index (χ1) is 10.6. The average molecular weight is 299 g/mol. The highest BCUT2D eigenvalue weighted by Gasteiger charge is 2.41. The number of imide groups is 1. The third-order valence-electron chi connectivity index (χ3n) is 3.40. The van der Waals surface area contributed by atoms with Gasteiger partial charge in [0.1, 0.15) is 6.04 Å². The van der Waals surface area contributed by atoms with Crippen LogP contribution in [0.1, 0.15) is 6.42 Å². The molecule has 1 fully saturated rings. The van der Waals surface area contributed by atoms with E-state index in [1.165, 1.54) is 0 Å². The first kappa shape index (κ1) is 13.9. The standard InChI is InChI=1S/C15H13N3O4/c16-15(21)22-18-13(19)8-12(14(18)20)17-11-7-3-5-9-4-1-2-6-10(9)11/h1-7,12,17H,8H2,(H2,16,21). The Bertz CT molecular complexity index is 769. The Morgan fingerprint density at radius 1 is 1.18 bits per heavy atom. The number of carbonyl (C=O) groups excluding carboxylic acids is 3. The van der Waals surface area contributed by atoms with E-state index < -0.39 is 23.9 Å². The fourth-order valence-electron chi connectivity index (χ4n) is 2.45. The van der Waals surface area contributed by atoms with Crippen LogP contribution in [0.3, 0.4) is 0 Å². The van der Waals surface area contributed by atoms with Crippen molar-refractivity contribution in [2.45, 2.75) is 12.5 Å². The van der Waals surface area contributed by atoms with Crippen LogP contribution in [0.4, 0.5) is 10.5 Å².